The van der Waals surface area contributed by atoms with Crippen molar-refractivity contribution in [3.05, 3.63) is 95.6 Å². The van der Waals surface area contributed by atoms with E-state index in [0.717, 1.165) is 6.54 Å². The van der Waals surface area contributed by atoms with Crippen LogP contribution in [-0.2, 0) is 13.0 Å². The summed E-state index contributed by atoms with van der Waals surface area (Å²) in [5.41, 5.74) is 6.68. The summed E-state index contributed by atoms with van der Waals surface area (Å²) in [6, 6.07) is 28.9. The first-order valence-corrected chi connectivity index (χ1v) is 10.2. The molecule has 0 saturated carbocycles. The average Bonchev–Trinajstić information content (AvgIpc) is 2.74. The monoisotopic (exact) mass is 357 g/mol. The minimum atomic E-state index is 0.353. The van der Waals surface area contributed by atoms with Gasteiger partial charge in [0.05, 0.1) is 0 Å². The fourth-order valence-electron chi connectivity index (χ4n) is 3.39. The second-order valence-corrected chi connectivity index (χ2v) is 7.36. The number of hydrogen-bond donors (Lipinski definition) is 1. The molecule has 0 aromatic heterocycles. The summed E-state index contributed by atoms with van der Waals surface area (Å²) in [6.45, 7) is 5.35. The van der Waals surface area contributed by atoms with E-state index in [2.05, 4.69) is 98.0 Å². The first-order valence-electron chi connectivity index (χ1n) is 10.2. The first kappa shape index (κ1) is 19.4. The van der Waals surface area contributed by atoms with Gasteiger partial charge in [-0.05, 0) is 47.6 Å². The first-order chi connectivity index (χ1) is 13.3. The van der Waals surface area contributed by atoms with Crippen molar-refractivity contribution in [2.75, 3.05) is 0 Å². The van der Waals surface area contributed by atoms with Gasteiger partial charge in [0.1, 0.15) is 0 Å². The molecule has 1 N–H and O–H groups in total. The molecule has 0 bridgehead atoms. The summed E-state index contributed by atoms with van der Waals surface area (Å²) >= 11 is 0. The molecule has 0 radical (unpaired) electrons. The lowest BCUT2D eigenvalue weighted by Gasteiger charge is -2.14. The third kappa shape index (κ3) is 5.80. The Morgan fingerprint density at radius 1 is 0.704 bits per heavy atom. The van der Waals surface area contributed by atoms with Gasteiger partial charge in [0.15, 0.2) is 0 Å². The molecular weight excluding hydrogens is 326 g/mol. The van der Waals surface area contributed by atoms with Crippen LogP contribution in [0.1, 0.15) is 55.8 Å². The zero-order valence-electron chi connectivity index (χ0n) is 16.6. The molecule has 0 spiro atoms. The van der Waals surface area contributed by atoms with E-state index < -0.39 is 0 Å². The number of hydrogen-bond acceptors (Lipinski definition) is 1. The molecule has 0 aliphatic carbocycles. The highest BCUT2D eigenvalue weighted by Crippen LogP contribution is 2.21. The Morgan fingerprint density at radius 3 is 1.89 bits per heavy atom. The lowest BCUT2D eigenvalue weighted by Crippen LogP contribution is -2.17. The number of aryl methyl sites for hydroxylation is 1. The highest BCUT2D eigenvalue weighted by Gasteiger charge is 2.04. The van der Waals surface area contributed by atoms with E-state index in [9.17, 15) is 0 Å². The molecule has 0 heterocycles. The van der Waals surface area contributed by atoms with Crippen LogP contribution in [0.3, 0.4) is 0 Å². The Bertz CT molecular complexity index is 788. The van der Waals surface area contributed by atoms with Crippen LogP contribution in [0, 0.1) is 0 Å². The van der Waals surface area contributed by atoms with Crippen LogP contribution in [0.15, 0.2) is 78.9 Å². The zero-order valence-corrected chi connectivity index (χ0v) is 16.6. The molecule has 0 aliphatic rings. The molecule has 3 aromatic carbocycles. The van der Waals surface area contributed by atoms with E-state index >= 15 is 0 Å². The minimum Gasteiger partial charge on any atom is -0.306 e. The quantitative estimate of drug-likeness (QED) is 0.409. The topological polar surface area (TPSA) is 12.0 Å². The van der Waals surface area contributed by atoms with Crippen LogP contribution in [0.2, 0.25) is 0 Å². The summed E-state index contributed by atoms with van der Waals surface area (Å²) in [7, 11) is 0. The van der Waals surface area contributed by atoms with Gasteiger partial charge in [0, 0.05) is 12.6 Å². The third-order valence-electron chi connectivity index (χ3n) is 5.22. The van der Waals surface area contributed by atoms with Crippen LogP contribution < -0.4 is 5.32 Å². The summed E-state index contributed by atoms with van der Waals surface area (Å²) in [4.78, 5) is 0. The molecule has 0 aliphatic heterocycles. The number of benzene rings is 3. The van der Waals surface area contributed by atoms with Gasteiger partial charge in [-0.2, -0.15) is 0 Å². The molecule has 140 valence electrons. The smallest absolute Gasteiger partial charge is 0.0294 e. The standard InChI is InChI=1S/C26H31N/c1-3-4-6-9-22-12-16-25(17-13-22)26-18-14-23(15-19-26)20-27-21(2)24-10-7-5-8-11-24/h5,7-8,10-19,21,27H,3-4,6,9,20H2,1-2H3. The van der Waals surface area contributed by atoms with Gasteiger partial charge in [-0.25, -0.2) is 0 Å². The average molecular weight is 358 g/mol. The molecule has 1 unspecified atom stereocenters. The van der Waals surface area contributed by atoms with Gasteiger partial charge in [-0.1, -0.05) is 98.6 Å². The van der Waals surface area contributed by atoms with E-state index in [4.69, 9.17) is 0 Å². The molecule has 0 saturated heterocycles. The van der Waals surface area contributed by atoms with Crippen molar-refractivity contribution in [2.45, 2.75) is 52.1 Å². The SMILES string of the molecule is CCCCCc1ccc(-c2ccc(CNC(C)c3ccccc3)cc2)cc1. The second-order valence-electron chi connectivity index (χ2n) is 7.36. The van der Waals surface area contributed by atoms with Crippen molar-refractivity contribution < 1.29 is 0 Å². The lowest BCUT2D eigenvalue weighted by molar-refractivity contribution is 0.575. The predicted molar refractivity (Wildman–Crippen MR) is 117 cm³/mol. The molecule has 0 fully saturated rings. The molecule has 1 atom stereocenters. The van der Waals surface area contributed by atoms with E-state index in [1.165, 1.54) is 53.5 Å². The van der Waals surface area contributed by atoms with Crippen molar-refractivity contribution in [3.8, 4) is 11.1 Å². The fraction of sp³-hybridized carbons (Fsp3) is 0.308. The van der Waals surface area contributed by atoms with E-state index in [1.807, 2.05) is 0 Å². The number of nitrogens with one attached hydrogen (secondary N) is 1. The summed E-state index contributed by atoms with van der Waals surface area (Å²) in [5.74, 6) is 0. The predicted octanol–water partition coefficient (Wildman–Crippen LogP) is 6.94. The van der Waals surface area contributed by atoms with Gasteiger partial charge < -0.3 is 5.32 Å². The molecule has 3 rings (SSSR count). The van der Waals surface area contributed by atoms with Crippen LogP contribution in [-0.4, -0.2) is 0 Å². The largest absolute Gasteiger partial charge is 0.306 e. The van der Waals surface area contributed by atoms with Gasteiger partial charge in [-0.15, -0.1) is 0 Å². The van der Waals surface area contributed by atoms with Crippen LogP contribution in [0.4, 0.5) is 0 Å². The second kappa shape index (κ2) is 10.1. The maximum Gasteiger partial charge on any atom is 0.0294 e. The normalized spacial score (nSPS) is 12.1. The number of unbranched alkanes of at least 4 members (excludes halogenated alkanes) is 2. The fourth-order valence-corrected chi connectivity index (χ4v) is 3.39. The molecule has 1 nitrogen and oxygen atoms in total. The summed E-state index contributed by atoms with van der Waals surface area (Å²) < 4.78 is 0. The Labute approximate surface area is 164 Å². The molecule has 3 aromatic rings. The third-order valence-corrected chi connectivity index (χ3v) is 5.22. The minimum absolute atomic E-state index is 0.353. The molecular formula is C26H31N. The zero-order chi connectivity index (χ0) is 18.9. The van der Waals surface area contributed by atoms with Crippen molar-refractivity contribution in [2.24, 2.45) is 0 Å². The van der Waals surface area contributed by atoms with Crippen LogP contribution in [0.25, 0.3) is 11.1 Å². The van der Waals surface area contributed by atoms with Crippen LogP contribution >= 0.6 is 0 Å². The molecule has 1 heteroatoms. The van der Waals surface area contributed by atoms with E-state index in [-0.39, 0.29) is 0 Å². The number of rotatable bonds is 9. The van der Waals surface area contributed by atoms with Crippen molar-refractivity contribution in [1.82, 2.24) is 5.32 Å². The summed E-state index contributed by atoms with van der Waals surface area (Å²) in [5, 5.41) is 3.61. The highest BCUT2D eigenvalue weighted by atomic mass is 14.9. The molecule has 0 amide bonds. The Morgan fingerprint density at radius 2 is 1.30 bits per heavy atom. The maximum atomic E-state index is 3.61. The van der Waals surface area contributed by atoms with E-state index in [0.29, 0.717) is 6.04 Å². The summed E-state index contributed by atoms with van der Waals surface area (Å²) in [6.07, 6.45) is 5.08. The van der Waals surface area contributed by atoms with Crippen molar-refractivity contribution in [1.29, 1.82) is 0 Å². The Balaban J connectivity index is 1.55. The highest BCUT2D eigenvalue weighted by molar-refractivity contribution is 5.64. The molecule has 27 heavy (non-hydrogen) atoms. The van der Waals surface area contributed by atoms with Gasteiger partial charge in [0.2, 0.25) is 0 Å². The van der Waals surface area contributed by atoms with Crippen molar-refractivity contribution in [3.63, 3.8) is 0 Å². The maximum absolute atomic E-state index is 3.61. The Hall–Kier alpha value is -2.38. The van der Waals surface area contributed by atoms with Gasteiger partial charge in [0.25, 0.3) is 0 Å². The van der Waals surface area contributed by atoms with Gasteiger partial charge >= 0.3 is 0 Å². The lowest BCUT2D eigenvalue weighted by atomic mass is 10.0. The van der Waals surface area contributed by atoms with Gasteiger partial charge in [-0.3, -0.25) is 0 Å². The van der Waals surface area contributed by atoms with Crippen molar-refractivity contribution >= 4 is 0 Å². The van der Waals surface area contributed by atoms with E-state index in [1.54, 1.807) is 0 Å². The van der Waals surface area contributed by atoms with Crippen LogP contribution in [0.5, 0.6) is 0 Å². The Kier molecular flexibility index (Phi) is 7.24.